The Kier molecular flexibility index (Phi) is 4.67. The van der Waals surface area contributed by atoms with E-state index in [0.717, 1.165) is 24.2 Å². The number of pyridine rings is 1. The summed E-state index contributed by atoms with van der Waals surface area (Å²) in [6.07, 6.45) is 7.75. The summed E-state index contributed by atoms with van der Waals surface area (Å²) in [6.45, 7) is 1.98. The zero-order valence-corrected chi connectivity index (χ0v) is 15.6. The van der Waals surface area contributed by atoms with E-state index in [4.69, 9.17) is 5.84 Å². The van der Waals surface area contributed by atoms with Gasteiger partial charge in [-0.2, -0.15) is 0 Å². The maximum absolute atomic E-state index is 12.3. The highest BCUT2D eigenvalue weighted by Crippen LogP contribution is 2.32. The number of hydrogen-bond acceptors (Lipinski definition) is 6. The number of rotatable bonds is 4. The van der Waals surface area contributed by atoms with Crippen LogP contribution < -0.4 is 11.4 Å². The molecule has 3 aromatic heterocycles. The lowest BCUT2D eigenvalue weighted by Crippen LogP contribution is -2.18. The molecule has 0 spiro atoms. The van der Waals surface area contributed by atoms with Gasteiger partial charge in [-0.3, -0.25) is 9.20 Å². The van der Waals surface area contributed by atoms with Crippen LogP contribution in [-0.2, 0) is 5.75 Å². The van der Waals surface area contributed by atoms with Gasteiger partial charge in [0, 0.05) is 23.9 Å². The van der Waals surface area contributed by atoms with Crippen molar-refractivity contribution in [1.29, 1.82) is 0 Å². The molecular formula is C18H22N6OS. The van der Waals surface area contributed by atoms with Crippen molar-refractivity contribution in [3.8, 4) is 0 Å². The third-order valence-corrected chi connectivity index (χ3v) is 5.86. The largest absolute Gasteiger partial charge is 0.336 e. The minimum absolute atomic E-state index is 0.0808. The molecule has 0 bridgehead atoms. The SMILES string of the molecule is Cc1ccn2c(=O)cc(CSc3nnc(C4CCCCC4)n3N)nc2c1. The first-order valence-corrected chi connectivity index (χ1v) is 9.92. The molecule has 1 saturated carbocycles. The van der Waals surface area contributed by atoms with Crippen molar-refractivity contribution in [1.82, 2.24) is 24.3 Å². The van der Waals surface area contributed by atoms with Crippen molar-refractivity contribution >= 4 is 17.4 Å². The minimum Gasteiger partial charge on any atom is -0.336 e. The van der Waals surface area contributed by atoms with Gasteiger partial charge in [-0.1, -0.05) is 31.0 Å². The van der Waals surface area contributed by atoms with Crippen molar-refractivity contribution in [3.05, 3.63) is 51.8 Å². The molecule has 26 heavy (non-hydrogen) atoms. The summed E-state index contributed by atoms with van der Waals surface area (Å²) in [5.41, 5.74) is 2.36. The van der Waals surface area contributed by atoms with Crippen molar-refractivity contribution in [2.45, 2.75) is 55.9 Å². The smallest absolute Gasteiger partial charge is 0.258 e. The topological polar surface area (TPSA) is 91.1 Å². The summed E-state index contributed by atoms with van der Waals surface area (Å²) in [5, 5.41) is 9.22. The first-order chi connectivity index (χ1) is 12.6. The highest BCUT2D eigenvalue weighted by molar-refractivity contribution is 7.98. The molecule has 0 aromatic carbocycles. The molecule has 4 rings (SSSR count). The van der Waals surface area contributed by atoms with E-state index < -0.39 is 0 Å². The number of nitrogens with two attached hydrogens (primary N) is 1. The van der Waals surface area contributed by atoms with Gasteiger partial charge in [0.2, 0.25) is 5.16 Å². The van der Waals surface area contributed by atoms with E-state index in [-0.39, 0.29) is 5.56 Å². The van der Waals surface area contributed by atoms with Gasteiger partial charge >= 0.3 is 0 Å². The van der Waals surface area contributed by atoms with Crippen LogP contribution in [0.4, 0.5) is 0 Å². The molecule has 8 heteroatoms. The van der Waals surface area contributed by atoms with Crippen LogP contribution in [0.25, 0.3) is 5.65 Å². The molecule has 0 unspecified atom stereocenters. The average Bonchev–Trinajstić information content (AvgIpc) is 3.01. The number of nitrogen functional groups attached to an aromatic ring is 1. The van der Waals surface area contributed by atoms with Crippen LogP contribution in [0, 0.1) is 6.92 Å². The first kappa shape index (κ1) is 17.1. The van der Waals surface area contributed by atoms with Crippen molar-refractivity contribution in [3.63, 3.8) is 0 Å². The second-order valence-electron chi connectivity index (χ2n) is 6.85. The highest BCUT2D eigenvalue weighted by Gasteiger charge is 2.22. The van der Waals surface area contributed by atoms with Crippen LogP contribution in [0.3, 0.4) is 0 Å². The van der Waals surface area contributed by atoms with E-state index in [1.54, 1.807) is 21.3 Å². The highest BCUT2D eigenvalue weighted by atomic mass is 32.2. The van der Waals surface area contributed by atoms with Gasteiger partial charge in [-0.15, -0.1) is 10.2 Å². The maximum Gasteiger partial charge on any atom is 0.258 e. The van der Waals surface area contributed by atoms with Crippen LogP contribution >= 0.6 is 11.8 Å². The Hall–Kier alpha value is -2.35. The molecule has 0 radical (unpaired) electrons. The van der Waals surface area contributed by atoms with Gasteiger partial charge in [0.15, 0.2) is 5.82 Å². The number of nitrogens with zero attached hydrogens (tertiary/aromatic N) is 5. The summed E-state index contributed by atoms with van der Waals surface area (Å²) >= 11 is 1.46. The third kappa shape index (κ3) is 3.33. The second-order valence-corrected chi connectivity index (χ2v) is 7.79. The first-order valence-electron chi connectivity index (χ1n) is 8.94. The van der Waals surface area contributed by atoms with Gasteiger partial charge in [-0.05, 0) is 37.5 Å². The fraction of sp³-hybridized carbons (Fsp3) is 0.444. The number of hydrogen-bond donors (Lipinski definition) is 1. The fourth-order valence-corrected chi connectivity index (χ4v) is 4.25. The molecule has 2 N–H and O–H groups in total. The van der Waals surface area contributed by atoms with E-state index in [2.05, 4.69) is 15.2 Å². The Balaban J connectivity index is 1.53. The Bertz CT molecular complexity index is 989. The van der Waals surface area contributed by atoms with Gasteiger partial charge in [0.25, 0.3) is 5.56 Å². The quantitative estimate of drug-likeness (QED) is 0.561. The number of fused-ring (bicyclic) bond motifs is 1. The van der Waals surface area contributed by atoms with Crippen LogP contribution in [0.5, 0.6) is 0 Å². The summed E-state index contributed by atoms with van der Waals surface area (Å²) in [7, 11) is 0. The van der Waals surface area contributed by atoms with Crippen LogP contribution in [0.15, 0.2) is 34.3 Å². The lowest BCUT2D eigenvalue weighted by Gasteiger charge is -2.20. The molecule has 1 aliphatic carbocycles. The predicted octanol–water partition coefficient (Wildman–Crippen LogP) is 2.65. The normalized spacial score (nSPS) is 15.6. The van der Waals surface area contributed by atoms with E-state index in [1.165, 1.54) is 31.0 Å². The monoisotopic (exact) mass is 370 g/mol. The van der Waals surface area contributed by atoms with Crippen LogP contribution in [-0.4, -0.2) is 24.3 Å². The lowest BCUT2D eigenvalue weighted by molar-refractivity contribution is 0.421. The van der Waals surface area contributed by atoms with Crippen molar-refractivity contribution < 1.29 is 0 Å². The van der Waals surface area contributed by atoms with Crippen molar-refractivity contribution in [2.24, 2.45) is 0 Å². The zero-order valence-electron chi connectivity index (χ0n) is 14.8. The fourth-order valence-electron chi connectivity index (χ4n) is 3.49. The Morgan fingerprint density at radius 3 is 2.85 bits per heavy atom. The number of thioether (sulfide) groups is 1. The summed E-state index contributed by atoms with van der Waals surface area (Å²) in [5.74, 6) is 8.03. The Labute approximate surface area is 155 Å². The van der Waals surface area contributed by atoms with Gasteiger partial charge in [0.05, 0.1) is 5.69 Å². The molecule has 3 aromatic rings. The van der Waals surface area contributed by atoms with Crippen LogP contribution in [0.1, 0.15) is 55.1 Å². The standard InChI is InChI=1S/C18H22N6OS/c1-12-7-8-23-15(9-12)20-14(10-16(23)25)11-26-18-22-21-17(24(18)19)13-5-3-2-4-6-13/h7-10,13H,2-6,11,19H2,1H3. The molecule has 0 amide bonds. The maximum atomic E-state index is 12.3. The summed E-state index contributed by atoms with van der Waals surface area (Å²) in [4.78, 5) is 16.8. The van der Waals surface area contributed by atoms with Gasteiger partial charge in [-0.25, -0.2) is 9.66 Å². The second kappa shape index (κ2) is 7.11. The molecule has 0 saturated heterocycles. The van der Waals surface area contributed by atoms with Crippen molar-refractivity contribution in [2.75, 3.05) is 5.84 Å². The molecule has 0 aliphatic heterocycles. The number of aryl methyl sites for hydroxylation is 1. The molecule has 1 fully saturated rings. The van der Waals surface area contributed by atoms with E-state index in [0.29, 0.717) is 28.2 Å². The molecule has 1 aliphatic rings. The Morgan fingerprint density at radius 2 is 2.04 bits per heavy atom. The van der Waals surface area contributed by atoms with Gasteiger partial charge < -0.3 is 5.84 Å². The molecular weight excluding hydrogens is 348 g/mol. The minimum atomic E-state index is -0.0808. The van der Waals surface area contributed by atoms with Gasteiger partial charge in [0.1, 0.15) is 5.65 Å². The third-order valence-electron chi connectivity index (χ3n) is 4.89. The van der Waals surface area contributed by atoms with E-state index >= 15 is 0 Å². The molecule has 0 atom stereocenters. The van der Waals surface area contributed by atoms with E-state index in [9.17, 15) is 4.79 Å². The molecule has 136 valence electrons. The molecule has 7 nitrogen and oxygen atoms in total. The lowest BCUT2D eigenvalue weighted by atomic mass is 9.89. The number of aromatic nitrogens is 5. The summed E-state index contributed by atoms with van der Waals surface area (Å²) < 4.78 is 3.16. The predicted molar refractivity (Wildman–Crippen MR) is 102 cm³/mol. The van der Waals surface area contributed by atoms with Crippen LogP contribution in [0.2, 0.25) is 0 Å². The van der Waals surface area contributed by atoms with E-state index in [1.807, 2.05) is 19.1 Å². The average molecular weight is 370 g/mol. The summed E-state index contributed by atoms with van der Waals surface area (Å²) in [6, 6.07) is 5.37. The molecule has 3 heterocycles. The Morgan fingerprint density at radius 1 is 1.23 bits per heavy atom. The zero-order chi connectivity index (χ0) is 18.1.